The van der Waals surface area contributed by atoms with Crippen molar-refractivity contribution in [2.45, 2.75) is 82.6 Å². The summed E-state index contributed by atoms with van der Waals surface area (Å²) in [5, 5.41) is 8.44. The molecular formula is C25H31F4NO2. The van der Waals surface area contributed by atoms with Crippen molar-refractivity contribution in [3.8, 4) is 11.8 Å². The van der Waals surface area contributed by atoms with E-state index in [9.17, 15) is 17.6 Å². The molecule has 2 aliphatic rings. The highest BCUT2D eigenvalue weighted by Crippen LogP contribution is 2.37. The van der Waals surface area contributed by atoms with Gasteiger partial charge in [0.05, 0.1) is 6.10 Å². The van der Waals surface area contributed by atoms with Gasteiger partial charge in [0.1, 0.15) is 11.8 Å². The zero-order chi connectivity index (χ0) is 23.0. The van der Waals surface area contributed by atoms with Gasteiger partial charge in [0.2, 0.25) is 0 Å². The molecule has 32 heavy (non-hydrogen) atoms. The van der Waals surface area contributed by atoms with E-state index in [1.165, 1.54) is 24.3 Å². The minimum atomic E-state index is -4.66. The zero-order valence-electron chi connectivity index (χ0n) is 18.2. The Morgan fingerprint density at radius 1 is 0.969 bits per heavy atom. The molecule has 0 N–H and O–H groups in total. The monoisotopic (exact) mass is 453 g/mol. The maximum absolute atomic E-state index is 12.9. The van der Waals surface area contributed by atoms with Crippen LogP contribution < -0.4 is 4.74 Å². The molecule has 176 valence electrons. The van der Waals surface area contributed by atoms with E-state index >= 15 is 0 Å². The van der Waals surface area contributed by atoms with Crippen molar-refractivity contribution in [1.82, 2.24) is 0 Å². The van der Waals surface area contributed by atoms with Gasteiger partial charge in [0.15, 0.2) is 5.83 Å². The van der Waals surface area contributed by atoms with Gasteiger partial charge in [0.25, 0.3) is 0 Å². The Balaban J connectivity index is 1.32. The first-order valence-electron chi connectivity index (χ1n) is 11.6. The number of rotatable bonds is 8. The van der Waals surface area contributed by atoms with E-state index in [0.717, 1.165) is 70.0 Å². The Kier molecular flexibility index (Phi) is 8.98. The summed E-state index contributed by atoms with van der Waals surface area (Å²) in [7, 11) is 0. The van der Waals surface area contributed by atoms with Crippen LogP contribution in [0.15, 0.2) is 36.2 Å². The second kappa shape index (κ2) is 11.7. The van der Waals surface area contributed by atoms with Crippen molar-refractivity contribution < 1.29 is 27.0 Å². The summed E-state index contributed by atoms with van der Waals surface area (Å²) < 4.78 is 59.9. The van der Waals surface area contributed by atoms with Gasteiger partial charge in [-0.05, 0) is 92.9 Å². The molecule has 3 nitrogen and oxygen atoms in total. The Morgan fingerprint density at radius 3 is 2.19 bits per heavy atom. The highest BCUT2D eigenvalue weighted by molar-refractivity contribution is 5.29. The second-order valence-electron chi connectivity index (χ2n) is 9.05. The van der Waals surface area contributed by atoms with Crippen LogP contribution in [-0.2, 0) is 4.74 Å². The number of halogens is 4. The first-order valence-corrected chi connectivity index (χ1v) is 11.6. The SMILES string of the molecule is N#CC(F)=CCCC1CCC(COC2CCC(c3ccc(OC(F)(F)F)cc3)CC2)CC1. The Hall–Kier alpha value is -2.07. The molecule has 1 aromatic carbocycles. The smallest absolute Gasteiger partial charge is 0.406 e. The molecule has 0 spiro atoms. The first kappa shape index (κ1) is 24.6. The lowest BCUT2D eigenvalue weighted by Crippen LogP contribution is -2.25. The average Bonchev–Trinajstić information content (AvgIpc) is 2.78. The number of ether oxygens (including phenoxy) is 2. The summed E-state index contributed by atoms with van der Waals surface area (Å²) >= 11 is 0. The number of hydrogen-bond donors (Lipinski definition) is 0. The third kappa shape index (κ3) is 8.12. The van der Waals surface area contributed by atoms with Gasteiger partial charge in [-0.3, -0.25) is 0 Å². The summed E-state index contributed by atoms with van der Waals surface area (Å²) in [4.78, 5) is 0. The fourth-order valence-corrected chi connectivity index (χ4v) is 4.95. The van der Waals surface area contributed by atoms with E-state index < -0.39 is 12.2 Å². The molecule has 0 bridgehead atoms. The molecular weight excluding hydrogens is 422 g/mol. The molecule has 7 heteroatoms. The standard InChI is InChI=1S/C25H31F4NO2/c26-22(16-30)3-1-2-18-4-6-19(7-5-18)17-31-23-12-8-20(9-13-23)21-10-14-24(15-11-21)32-25(27,28)29/h3,10-11,14-15,18-20,23H,1-2,4-9,12-13,17H2. The van der Waals surface area contributed by atoms with E-state index in [4.69, 9.17) is 10.00 Å². The number of benzene rings is 1. The molecule has 0 radical (unpaired) electrons. The second-order valence-corrected chi connectivity index (χ2v) is 9.05. The van der Waals surface area contributed by atoms with Crippen LogP contribution in [0, 0.1) is 23.2 Å². The van der Waals surface area contributed by atoms with Gasteiger partial charge >= 0.3 is 6.36 Å². The number of nitrogens with zero attached hydrogens (tertiary/aromatic N) is 1. The van der Waals surface area contributed by atoms with Crippen molar-refractivity contribution in [3.05, 3.63) is 41.7 Å². The highest BCUT2D eigenvalue weighted by Gasteiger charge is 2.31. The predicted octanol–water partition coefficient (Wildman–Crippen LogP) is 7.59. The molecule has 0 aliphatic heterocycles. The molecule has 0 saturated heterocycles. The predicted molar refractivity (Wildman–Crippen MR) is 114 cm³/mol. The maximum Gasteiger partial charge on any atom is 0.573 e. The molecule has 0 aromatic heterocycles. The van der Waals surface area contributed by atoms with Crippen LogP contribution in [0.25, 0.3) is 0 Å². The Morgan fingerprint density at radius 2 is 1.59 bits per heavy atom. The molecule has 2 fully saturated rings. The van der Waals surface area contributed by atoms with Crippen LogP contribution in [0.3, 0.4) is 0 Å². The van der Waals surface area contributed by atoms with Gasteiger partial charge in [-0.1, -0.05) is 25.0 Å². The van der Waals surface area contributed by atoms with Gasteiger partial charge in [0, 0.05) is 6.61 Å². The normalized spacial score (nSPS) is 27.0. The third-order valence-electron chi connectivity index (χ3n) is 6.80. The van der Waals surface area contributed by atoms with Gasteiger partial charge < -0.3 is 9.47 Å². The Labute approximate surface area is 187 Å². The fourth-order valence-electron chi connectivity index (χ4n) is 4.95. The van der Waals surface area contributed by atoms with E-state index in [1.54, 1.807) is 12.1 Å². The van der Waals surface area contributed by atoms with Crippen LogP contribution >= 0.6 is 0 Å². The number of hydrogen-bond acceptors (Lipinski definition) is 3. The lowest BCUT2D eigenvalue weighted by molar-refractivity contribution is -0.274. The van der Waals surface area contributed by atoms with Gasteiger partial charge in [-0.25, -0.2) is 0 Å². The molecule has 3 rings (SSSR count). The van der Waals surface area contributed by atoms with Gasteiger partial charge in [-0.2, -0.15) is 9.65 Å². The van der Waals surface area contributed by atoms with Gasteiger partial charge in [-0.15, -0.1) is 13.2 Å². The summed E-state index contributed by atoms with van der Waals surface area (Å²) in [6, 6.07) is 7.75. The van der Waals surface area contributed by atoms with Crippen LogP contribution in [0.1, 0.15) is 75.7 Å². The number of allylic oxidation sites excluding steroid dienone is 2. The fraction of sp³-hybridized carbons (Fsp3) is 0.640. The first-order chi connectivity index (χ1) is 15.3. The van der Waals surface area contributed by atoms with Crippen LogP contribution in [0.5, 0.6) is 5.75 Å². The van der Waals surface area contributed by atoms with Crippen molar-refractivity contribution >= 4 is 0 Å². The summed E-state index contributed by atoms with van der Waals surface area (Å²) in [6.45, 7) is 0.786. The minimum Gasteiger partial charge on any atom is -0.406 e. The minimum absolute atomic E-state index is 0.182. The summed E-state index contributed by atoms with van der Waals surface area (Å²) in [5.41, 5.74) is 1.06. The topological polar surface area (TPSA) is 42.2 Å². The van der Waals surface area contributed by atoms with Crippen LogP contribution in [0.4, 0.5) is 17.6 Å². The largest absolute Gasteiger partial charge is 0.573 e. The van der Waals surface area contributed by atoms with Crippen molar-refractivity contribution in [1.29, 1.82) is 5.26 Å². The van der Waals surface area contributed by atoms with Crippen LogP contribution in [0.2, 0.25) is 0 Å². The maximum atomic E-state index is 12.9. The van der Waals surface area contributed by atoms with Crippen molar-refractivity contribution in [2.75, 3.05) is 6.61 Å². The van der Waals surface area contributed by atoms with E-state index in [0.29, 0.717) is 24.2 Å². The third-order valence-corrected chi connectivity index (χ3v) is 6.80. The number of alkyl halides is 3. The van der Waals surface area contributed by atoms with E-state index in [-0.39, 0.29) is 11.9 Å². The molecule has 2 saturated carbocycles. The Bertz CT molecular complexity index is 769. The van der Waals surface area contributed by atoms with E-state index in [1.807, 2.05) is 0 Å². The lowest BCUT2D eigenvalue weighted by Gasteiger charge is -2.32. The molecule has 0 atom stereocenters. The quantitative estimate of drug-likeness (QED) is 0.301. The highest BCUT2D eigenvalue weighted by atomic mass is 19.4. The lowest BCUT2D eigenvalue weighted by atomic mass is 9.80. The molecule has 0 heterocycles. The summed E-state index contributed by atoms with van der Waals surface area (Å²) in [5.74, 6) is 0.673. The number of nitriles is 1. The molecule has 1 aromatic rings. The average molecular weight is 454 g/mol. The summed E-state index contributed by atoms with van der Waals surface area (Å²) in [6.07, 6.45) is 6.99. The zero-order valence-corrected chi connectivity index (χ0v) is 18.2. The molecule has 0 amide bonds. The van der Waals surface area contributed by atoms with Crippen LogP contribution in [-0.4, -0.2) is 19.1 Å². The van der Waals surface area contributed by atoms with Crippen molar-refractivity contribution in [2.24, 2.45) is 11.8 Å². The van der Waals surface area contributed by atoms with Crippen molar-refractivity contribution in [3.63, 3.8) is 0 Å². The molecule has 2 aliphatic carbocycles. The molecule has 0 unspecified atom stereocenters. The van der Waals surface area contributed by atoms with E-state index in [2.05, 4.69) is 4.74 Å².